The molecule has 0 saturated heterocycles. The molecule has 0 radical (unpaired) electrons. The minimum atomic E-state index is -0.740. The summed E-state index contributed by atoms with van der Waals surface area (Å²) in [4.78, 5) is 32.0. The van der Waals surface area contributed by atoms with Gasteiger partial charge in [0.25, 0.3) is 5.56 Å². The lowest BCUT2D eigenvalue weighted by molar-refractivity contribution is -0.139. The average molecular weight is 523 g/mol. The van der Waals surface area contributed by atoms with Crippen LogP contribution in [0.25, 0.3) is 6.08 Å². The van der Waals surface area contributed by atoms with Crippen LogP contribution in [0.1, 0.15) is 44.9 Å². The number of allylic oxidation sites excluding steroid dienone is 1. The number of ether oxygens (including phenoxy) is 4. The molecule has 0 aliphatic carbocycles. The maximum absolute atomic E-state index is 13.8. The van der Waals surface area contributed by atoms with Crippen molar-refractivity contribution in [2.75, 3.05) is 20.8 Å². The highest BCUT2D eigenvalue weighted by atomic mass is 32.1. The predicted molar refractivity (Wildman–Crippen MR) is 142 cm³/mol. The lowest BCUT2D eigenvalue weighted by Gasteiger charge is -2.25. The van der Waals surface area contributed by atoms with E-state index in [0.29, 0.717) is 37.7 Å². The molecule has 8 nitrogen and oxygen atoms in total. The van der Waals surface area contributed by atoms with Crippen LogP contribution >= 0.6 is 11.3 Å². The normalized spacial score (nSPS) is 15.3. The number of benzene rings is 2. The second-order valence-electron chi connectivity index (χ2n) is 8.65. The summed E-state index contributed by atoms with van der Waals surface area (Å²) in [5.41, 5.74) is 2.09. The van der Waals surface area contributed by atoms with E-state index in [1.807, 2.05) is 50.3 Å². The van der Waals surface area contributed by atoms with Gasteiger partial charge in [0.05, 0.1) is 48.8 Å². The summed E-state index contributed by atoms with van der Waals surface area (Å²) < 4.78 is 24.1. The zero-order valence-corrected chi connectivity index (χ0v) is 22.5. The van der Waals surface area contributed by atoms with E-state index in [4.69, 9.17) is 18.9 Å². The molecule has 1 atom stereocenters. The van der Waals surface area contributed by atoms with Gasteiger partial charge in [0.1, 0.15) is 5.75 Å². The van der Waals surface area contributed by atoms with Crippen LogP contribution in [0, 0.1) is 0 Å². The van der Waals surface area contributed by atoms with Crippen molar-refractivity contribution in [1.29, 1.82) is 0 Å². The van der Waals surface area contributed by atoms with Crippen molar-refractivity contribution in [2.24, 2.45) is 4.99 Å². The summed E-state index contributed by atoms with van der Waals surface area (Å²) in [5, 5.41) is 0. The second kappa shape index (κ2) is 11.0. The molecule has 0 fully saturated rings. The van der Waals surface area contributed by atoms with Crippen LogP contribution in [-0.4, -0.2) is 37.5 Å². The Balaban J connectivity index is 1.92. The zero-order chi connectivity index (χ0) is 26.7. The summed E-state index contributed by atoms with van der Waals surface area (Å²) in [6.45, 7) is 7.56. The van der Waals surface area contributed by atoms with E-state index in [-0.39, 0.29) is 18.3 Å². The number of aromatic nitrogens is 1. The largest absolute Gasteiger partial charge is 0.497 e. The summed E-state index contributed by atoms with van der Waals surface area (Å²) >= 11 is 1.27. The Kier molecular flexibility index (Phi) is 7.83. The van der Waals surface area contributed by atoms with E-state index in [0.717, 1.165) is 11.3 Å². The number of esters is 1. The molecule has 37 heavy (non-hydrogen) atoms. The third-order valence-corrected chi connectivity index (χ3v) is 6.78. The number of carbonyl (C=O) groups is 1. The van der Waals surface area contributed by atoms with Gasteiger partial charge >= 0.3 is 5.97 Å². The molecule has 1 aliphatic heterocycles. The van der Waals surface area contributed by atoms with Gasteiger partial charge in [-0.25, -0.2) is 9.79 Å². The highest BCUT2D eigenvalue weighted by Crippen LogP contribution is 2.36. The first-order chi connectivity index (χ1) is 17.8. The number of nitrogens with zero attached hydrogens (tertiary/aromatic N) is 2. The Morgan fingerprint density at radius 3 is 2.46 bits per heavy atom. The molecule has 4 rings (SSSR count). The third-order valence-electron chi connectivity index (χ3n) is 5.80. The molecule has 2 heterocycles. The van der Waals surface area contributed by atoms with Crippen LogP contribution in [0.5, 0.6) is 17.2 Å². The Bertz CT molecular complexity index is 1520. The molecule has 0 N–H and O–H groups in total. The van der Waals surface area contributed by atoms with Gasteiger partial charge in [-0.1, -0.05) is 29.5 Å². The smallest absolute Gasteiger partial charge is 0.338 e. The zero-order valence-electron chi connectivity index (χ0n) is 21.7. The van der Waals surface area contributed by atoms with E-state index in [2.05, 4.69) is 4.99 Å². The summed E-state index contributed by atoms with van der Waals surface area (Å²) in [6, 6.07) is 12.1. The fourth-order valence-corrected chi connectivity index (χ4v) is 5.21. The van der Waals surface area contributed by atoms with Gasteiger partial charge in [-0.3, -0.25) is 9.36 Å². The van der Waals surface area contributed by atoms with E-state index < -0.39 is 12.0 Å². The Morgan fingerprint density at radius 1 is 1.11 bits per heavy atom. The number of methoxy groups -OCH3 is 2. The van der Waals surface area contributed by atoms with Crippen molar-refractivity contribution in [3.63, 3.8) is 0 Å². The maximum atomic E-state index is 13.8. The van der Waals surface area contributed by atoms with Crippen LogP contribution in [0.2, 0.25) is 0 Å². The summed E-state index contributed by atoms with van der Waals surface area (Å²) in [7, 11) is 3.16. The van der Waals surface area contributed by atoms with Crippen molar-refractivity contribution in [3.05, 3.63) is 84.5 Å². The fraction of sp³-hybridized carbons (Fsp3) is 0.321. The van der Waals surface area contributed by atoms with Gasteiger partial charge in [-0.15, -0.1) is 0 Å². The number of hydrogen-bond donors (Lipinski definition) is 0. The van der Waals surface area contributed by atoms with Gasteiger partial charge in [-0.2, -0.15) is 0 Å². The van der Waals surface area contributed by atoms with Crippen LogP contribution in [0.4, 0.5) is 0 Å². The molecule has 0 spiro atoms. The first-order valence-corrected chi connectivity index (χ1v) is 12.8. The van der Waals surface area contributed by atoms with Crippen molar-refractivity contribution in [1.82, 2.24) is 4.57 Å². The van der Waals surface area contributed by atoms with Crippen LogP contribution in [-0.2, 0) is 9.53 Å². The Labute approximate surface area is 219 Å². The van der Waals surface area contributed by atoms with Gasteiger partial charge < -0.3 is 18.9 Å². The first-order valence-electron chi connectivity index (χ1n) is 12.0. The van der Waals surface area contributed by atoms with Crippen molar-refractivity contribution in [3.8, 4) is 17.2 Å². The minimum absolute atomic E-state index is 0.0485. The summed E-state index contributed by atoms with van der Waals surface area (Å²) in [5.74, 6) is 1.29. The molecule has 0 unspecified atom stereocenters. The van der Waals surface area contributed by atoms with Crippen LogP contribution in [0.15, 0.2) is 63.5 Å². The number of carbonyl (C=O) groups excluding carboxylic acids is 1. The molecule has 0 bridgehead atoms. The molecular formula is C28H30N2O6S. The van der Waals surface area contributed by atoms with Crippen LogP contribution in [0.3, 0.4) is 0 Å². The van der Waals surface area contributed by atoms with Crippen molar-refractivity contribution in [2.45, 2.75) is 39.8 Å². The highest BCUT2D eigenvalue weighted by Gasteiger charge is 2.34. The van der Waals surface area contributed by atoms with E-state index in [9.17, 15) is 9.59 Å². The minimum Gasteiger partial charge on any atom is -0.497 e. The molecule has 9 heteroatoms. The molecule has 0 saturated carbocycles. The number of hydrogen-bond acceptors (Lipinski definition) is 8. The maximum Gasteiger partial charge on any atom is 0.338 e. The van der Waals surface area contributed by atoms with E-state index in [1.165, 1.54) is 11.3 Å². The Morgan fingerprint density at radius 2 is 1.84 bits per heavy atom. The van der Waals surface area contributed by atoms with Gasteiger partial charge in [0.15, 0.2) is 16.3 Å². The molecule has 1 aliphatic rings. The molecule has 194 valence electrons. The van der Waals surface area contributed by atoms with Crippen molar-refractivity contribution < 1.29 is 23.7 Å². The number of fused-ring (bicyclic) bond motifs is 1. The molecule has 0 amide bonds. The lowest BCUT2D eigenvalue weighted by atomic mass is 9.95. The number of thiazole rings is 1. The van der Waals surface area contributed by atoms with Gasteiger partial charge in [0.2, 0.25) is 0 Å². The third kappa shape index (κ3) is 5.32. The molecule has 3 aromatic rings. The molecule has 2 aromatic carbocycles. The topological polar surface area (TPSA) is 88.4 Å². The van der Waals surface area contributed by atoms with Crippen molar-refractivity contribution >= 4 is 23.4 Å². The first kappa shape index (κ1) is 26.2. The monoisotopic (exact) mass is 522 g/mol. The SMILES string of the molecule is CCOC(=O)C1=C(C)N=c2s/c(=C\c3ccc(OC)cc3)c(=O)n2[C@@H]1c1ccc(OC(C)C)c(OC)c1. The highest BCUT2D eigenvalue weighted by molar-refractivity contribution is 7.07. The molecule has 1 aromatic heterocycles. The van der Waals surface area contributed by atoms with Gasteiger partial charge in [-0.05, 0) is 69.2 Å². The van der Waals surface area contributed by atoms with E-state index >= 15 is 0 Å². The quantitative estimate of drug-likeness (QED) is 0.420. The Hall–Kier alpha value is -3.85. The summed E-state index contributed by atoms with van der Waals surface area (Å²) in [6.07, 6.45) is 1.76. The predicted octanol–water partition coefficient (Wildman–Crippen LogP) is 3.60. The van der Waals surface area contributed by atoms with E-state index in [1.54, 1.807) is 44.8 Å². The average Bonchev–Trinajstić information content (AvgIpc) is 3.17. The van der Waals surface area contributed by atoms with Crippen LogP contribution < -0.4 is 29.1 Å². The fourth-order valence-electron chi connectivity index (χ4n) is 4.16. The molecular weight excluding hydrogens is 492 g/mol. The second-order valence-corrected chi connectivity index (χ2v) is 9.66. The number of rotatable bonds is 8. The lowest BCUT2D eigenvalue weighted by Crippen LogP contribution is -2.40. The van der Waals surface area contributed by atoms with Gasteiger partial charge in [0, 0.05) is 0 Å². The standard InChI is InChI=1S/C28H30N2O6S/c1-7-35-27(32)24-17(4)29-28-30(25(24)19-10-13-21(36-16(2)3)22(15-19)34-6)26(31)23(37-28)14-18-8-11-20(33-5)12-9-18/h8-16,25H,7H2,1-6H3/b23-14-/t25-/m1/s1.